The highest BCUT2D eigenvalue weighted by molar-refractivity contribution is 9.10. The minimum absolute atomic E-state index is 0.0838. The fraction of sp³-hybridized carbons (Fsp3) is 0.250. The first-order valence-corrected chi connectivity index (χ1v) is 10.6. The Morgan fingerprint density at radius 2 is 1.97 bits per heavy atom. The number of pyridine rings is 1. The van der Waals surface area contributed by atoms with Gasteiger partial charge in [-0.25, -0.2) is 4.98 Å². The van der Waals surface area contributed by atoms with Gasteiger partial charge in [0.15, 0.2) is 0 Å². The van der Waals surface area contributed by atoms with Crippen LogP contribution < -0.4 is 4.90 Å². The number of nitro groups is 1. The Kier molecular flexibility index (Phi) is 5.92. The predicted octanol–water partition coefficient (Wildman–Crippen LogP) is 4.33. The van der Waals surface area contributed by atoms with E-state index >= 15 is 0 Å². The number of anilines is 1. The van der Waals surface area contributed by atoms with Gasteiger partial charge in [-0.05, 0) is 28.9 Å². The lowest BCUT2D eigenvalue weighted by Crippen LogP contribution is -2.49. The van der Waals surface area contributed by atoms with E-state index in [1.165, 1.54) is 12.3 Å². The fourth-order valence-electron chi connectivity index (χ4n) is 3.49. The van der Waals surface area contributed by atoms with Crippen molar-refractivity contribution in [2.45, 2.75) is 6.92 Å². The van der Waals surface area contributed by atoms with Crippen LogP contribution in [0.3, 0.4) is 0 Å². The van der Waals surface area contributed by atoms with Crippen LogP contribution in [0.4, 0.5) is 11.5 Å². The molecule has 0 bridgehead atoms. The number of aromatic nitrogens is 2. The molecule has 4 rings (SSSR count). The van der Waals surface area contributed by atoms with Gasteiger partial charge in [0, 0.05) is 37.8 Å². The molecule has 0 atom stereocenters. The SMILES string of the molecule is Cc1onc(-c2ccccc2Cl)c1C(=O)N1CCN(c2ncc([N+](=O)[O-])cc2Br)CC1. The second kappa shape index (κ2) is 8.64. The molecule has 0 aliphatic carbocycles. The molecule has 0 unspecified atom stereocenters. The van der Waals surface area contributed by atoms with Crippen LogP contribution >= 0.6 is 27.5 Å². The molecular weight excluding hydrogens is 490 g/mol. The number of benzene rings is 1. The van der Waals surface area contributed by atoms with Crippen molar-refractivity contribution < 1.29 is 14.2 Å². The topological polar surface area (TPSA) is 106 Å². The van der Waals surface area contributed by atoms with E-state index in [-0.39, 0.29) is 11.6 Å². The van der Waals surface area contributed by atoms with Crippen LogP contribution in [0.5, 0.6) is 0 Å². The van der Waals surface area contributed by atoms with Crippen LogP contribution in [0.25, 0.3) is 11.3 Å². The maximum atomic E-state index is 13.3. The Morgan fingerprint density at radius 1 is 1.26 bits per heavy atom. The van der Waals surface area contributed by atoms with E-state index in [2.05, 4.69) is 26.1 Å². The molecule has 0 saturated carbocycles. The fourth-order valence-corrected chi connectivity index (χ4v) is 4.31. The molecule has 0 radical (unpaired) electrons. The van der Waals surface area contributed by atoms with Crippen LogP contribution in [-0.4, -0.2) is 52.1 Å². The molecule has 1 aromatic carbocycles. The van der Waals surface area contributed by atoms with E-state index in [1.807, 2.05) is 17.0 Å². The van der Waals surface area contributed by atoms with E-state index in [9.17, 15) is 14.9 Å². The molecule has 11 heteroatoms. The summed E-state index contributed by atoms with van der Waals surface area (Å²) in [4.78, 5) is 31.6. The summed E-state index contributed by atoms with van der Waals surface area (Å²) in [7, 11) is 0. The third-order valence-electron chi connectivity index (χ3n) is 5.09. The highest BCUT2D eigenvalue weighted by Crippen LogP contribution is 2.32. The lowest BCUT2D eigenvalue weighted by Gasteiger charge is -2.35. The molecule has 2 aromatic heterocycles. The third-order valence-corrected chi connectivity index (χ3v) is 6.00. The van der Waals surface area contributed by atoms with Crippen molar-refractivity contribution in [3.05, 3.63) is 67.5 Å². The van der Waals surface area contributed by atoms with Gasteiger partial charge in [0.2, 0.25) is 0 Å². The molecule has 1 amide bonds. The predicted molar refractivity (Wildman–Crippen MR) is 118 cm³/mol. The van der Waals surface area contributed by atoms with Gasteiger partial charge < -0.3 is 14.3 Å². The summed E-state index contributed by atoms with van der Waals surface area (Å²) < 4.78 is 5.86. The number of piperazine rings is 1. The molecule has 1 aliphatic heterocycles. The second-order valence-corrected chi connectivity index (χ2v) is 8.24. The van der Waals surface area contributed by atoms with Gasteiger partial charge in [0.05, 0.1) is 14.4 Å². The van der Waals surface area contributed by atoms with Crippen molar-refractivity contribution in [2.75, 3.05) is 31.1 Å². The molecule has 1 saturated heterocycles. The number of nitrogens with zero attached hydrogens (tertiary/aromatic N) is 5. The largest absolute Gasteiger partial charge is 0.360 e. The number of rotatable bonds is 4. The standard InChI is InChI=1S/C20H17BrClN5O4/c1-12-17(18(24-31-12)14-4-2-3-5-16(14)22)20(28)26-8-6-25(7-9-26)19-15(21)10-13(11-23-19)27(29)30/h2-5,10-11H,6-9H2,1H3. The quantitative estimate of drug-likeness (QED) is 0.383. The summed E-state index contributed by atoms with van der Waals surface area (Å²) in [6.45, 7) is 3.67. The normalized spacial score (nSPS) is 14.0. The smallest absolute Gasteiger partial charge is 0.288 e. The number of hydrogen-bond donors (Lipinski definition) is 0. The van der Waals surface area contributed by atoms with Crippen molar-refractivity contribution in [3.8, 4) is 11.3 Å². The lowest BCUT2D eigenvalue weighted by molar-refractivity contribution is -0.385. The maximum Gasteiger partial charge on any atom is 0.288 e. The first-order chi connectivity index (χ1) is 14.9. The Labute approximate surface area is 190 Å². The Hall–Kier alpha value is -2.98. The zero-order valence-corrected chi connectivity index (χ0v) is 18.8. The minimum Gasteiger partial charge on any atom is -0.360 e. The van der Waals surface area contributed by atoms with Gasteiger partial charge in [-0.1, -0.05) is 35.0 Å². The summed E-state index contributed by atoms with van der Waals surface area (Å²) in [5, 5.41) is 15.5. The van der Waals surface area contributed by atoms with Crippen LogP contribution in [0.2, 0.25) is 5.02 Å². The van der Waals surface area contributed by atoms with E-state index in [0.717, 1.165) is 0 Å². The van der Waals surface area contributed by atoms with E-state index in [4.69, 9.17) is 16.1 Å². The Morgan fingerprint density at radius 3 is 2.61 bits per heavy atom. The number of carbonyl (C=O) groups is 1. The Bertz CT molecular complexity index is 1160. The minimum atomic E-state index is -0.490. The second-order valence-electron chi connectivity index (χ2n) is 6.98. The van der Waals surface area contributed by atoms with Crippen molar-refractivity contribution in [1.29, 1.82) is 0 Å². The van der Waals surface area contributed by atoms with Gasteiger partial charge >= 0.3 is 0 Å². The molecule has 0 spiro atoms. The number of amides is 1. The zero-order valence-electron chi connectivity index (χ0n) is 16.4. The van der Waals surface area contributed by atoms with Gasteiger partial charge in [0.1, 0.15) is 29.0 Å². The van der Waals surface area contributed by atoms with Gasteiger partial charge in [0.25, 0.3) is 11.6 Å². The van der Waals surface area contributed by atoms with Gasteiger partial charge in [-0.3, -0.25) is 14.9 Å². The molecule has 31 heavy (non-hydrogen) atoms. The zero-order chi connectivity index (χ0) is 22.1. The molecule has 0 N–H and O–H groups in total. The molecular formula is C20H17BrClN5O4. The number of halogens is 2. The summed E-state index contributed by atoms with van der Waals surface area (Å²) in [6.07, 6.45) is 1.23. The first kappa shape index (κ1) is 21.3. The van der Waals surface area contributed by atoms with Crippen molar-refractivity contribution in [3.63, 3.8) is 0 Å². The third kappa shape index (κ3) is 4.13. The van der Waals surface area contributed by atoms with Crippen LogP contribution in [0.1, 0.15) is 16.1 Å². The van der Waals surface area contributed by atoms with Gasteiger partial charge in [-0.2, -0.15) is 0 Å². The average Bonchev–Trinajstić information content (AvgIpc) is 3.14. The van der Waals surface area contributed by atoms with Crippen LogP contribution in [-0.2, 0) is 0 Å². The first-order valence-electron chi connectivity index (χ1n) is 9.42. The molecule has 160 valence electrons. The van der Waals surface area contributed by atoms with E-state index in [0.29, 0.717) is 64.1 Å². The highest BCUT2D eigenvalue weighted by atomic mass is 79.9. The number of carbonyl (C=O) groups excluding carboxylic acids is 1. The monoisotopic (exact) mass is 505 g/mol. The van der Waals surface area contributed by atoms with Crippen molar-refractivity contribution in [2.24, 2.45) is 0 Å². The highest BCUT2D eigenvalue weighted by Gasteiger charge is 2.30. The maximum absolute atomic E-state index is 13.3. The van der Waals surface area contributed by atoms with E-state index < -0.39 is 4.92 Å². The molecule has 1 fully saturated rings. The molecule has 3 aromatic rings. The summed E-state index contributed by atoms with van der Waals surface area (Å²) >= 11 is 9.65. The van der Waals surface area contributed by atoms with Crippen molar-refractivity contribution >= 4 is 44.9 Å². The summed E-state index contributed by atoms with van der Waals surface area (Å²) in [6, 6.07) is 8.60. The summed E-state index contributed by atoms with van der Waals surface area (Å²) in [5.74, 6) is 0.863. The molecule has 1 aliphatic rings. The average molecular weight is 507 g/mol. The number of hydrogen-bond acceptors (Lipinski definition) is 7. The van der Waals surface area contributed by atoms with Crippen LogP contribution in [0, 0.1) is 17.0 Å². The van der Waals surface area contributed by atoms with Crippen molar-refractivity contribution in [1.82, 2.24) is 15.0 Å². The number of aryl methyl sites for hydroxylation is 1. The molecule has 3 heterocycles. The Balaban J connectivity index is 1.52. The van der Waals surface area contributed by atoms with Gasteiger partial charge in [-0.15, -0.1) is 0 Å². The lowest BCUT2D eigenvalue weighted by atomic mass is 10.0. The molecule has 9 nitrogen and oxygen atoms in total. The van der Waals surface area contributed by atoms with E-state index in [1.54, 1.807) is 24.0 Å². The summed E-state index contributed by atoms with van der Waals surface area (Å²) in [5.41, 5.74) is 1.38. The van der Waals surface area contributed by atoms with Crippen LogP contribution in [0.15, 0.2) is 45.5 Å².